The monoisotopic (exact) mass is 422 g/mol. The number of likely N-dealkylation sites (tertiary alicyclic amines) is 1. The summed E-state index contributed by atoms with van der Waals surface area (Å²) in [7, 11) is 0. The summed E-state index contributed by atoms with van der Waals surface area (Å²) in [5, 5.41) is 0. The van der Waals surface area contributed by atoms with E-state index >= 15 is 0 Å². The zero-order valence-corrected chi connectivity index (χ0v) is 19.1. The lowest BCUT2D eigenvalue weighted by molar-refractivity contribution is -0.133. The molecule has 0 saturated carbocycles. The van der Waals surface area contributed by atoms with Gasteiger partial charge < -0.3 is 14.4 Å². The van der Waals surface area contributed by atoms with Crippen LogP contribution in [0.25, 0.3) is 5.69 Å². The zero-order valence-electron chi connectivity index (χ0n) is 19.1. The number of amides is 2. The van der Waals surface area contributed by atoms with E-state index in [0.717, 1.165) is 61.7 Å². The van der Waals surface area contributed by atoms with Crippen LogP contribution in [0.4, 0.5) is 0 Å². The van der Waals surface area contributed by atoms with Crippen LogP contribution in [0.2, 0.25) is 0 Å². The summed E-state index contributed by atoms with van der Waals surface area (Å²) in [6, 6.07) is 10.3. The van der Waals surface area contributed by atoms with Crippen LogP contribution in [0, 0.1) is 20.8 Å². The predicted molar refractivity (Wildman–Crippen MR) is 123 cm³/mol. The Kier molecular flexibility index (Phi) is 6.46. The first-order valence-electron chi connectivity index (χ1n) is 11.5. The van der Waals surface area contributed by atoms with E-state index in [1.807, 2.05) is 34.9 Å². The Morgan fingerprint density at radius 3 is 2.19 bits per heavy atom. The van der Waals surface area contributed by atoms with E-state index in [9.17, 15) is 9.59 Å². The third-order valence-electron chi connectivity index (χ3n) is 6.75. The van der Waals surface area contributed by atoms with Crippen LogP contribution in [-0.2, 0) is 4.79 Å². The largest absolute Gasteiger partial charge is 0.342 e. The van der Waals surface area contributed by atoms with Crippen LogP contribution >= 0.6 is 0 Å². The molecule has 166 valence electrons. The highest BCUT2D eigenvalue weighted by atomic mass is 16.2. The molecule has 0 aliphatic carbocycles. The fraction of sp³-hybridized carbons (Fsp3) is 0.520. The van der Waals surface area contributed by atoms with E-state index in [2.05, 4.69) is 35.4 Å². The average Bonchev–Trinajstić information content (AvgIpc) is 3.08. The van der Waals surface area contributed by atoms with Gasteiger partial charge in [0.2, 0.25) is 5.91 Å². The Balaban J connectivity index is 1.40. The van der Waals surface area contributed by atoms with Gasteiger partial charge in [0.05, 0.1) is 12.1 Å². The van der Waals surface area contributed by atoms with Gasteiger partial charge in [-0.1, -0.05) is 18.2 Å². The van der Waals surface area contributed by atoms with Crippen LogP contribution in [-0.4, -0.2) is 76.9 Å². The zero-order chi connectivity index (χ0) is 22.0. The van der Waals surface area contributed by atoms with Gasteiger partial charge in [-0.15, -0.1) is 0 Å². The normalized spacial score (nSPS) is 17.8. The molecule has 0 unspecified atom stereocenters. The Bertz CT molecular complexity index is 950. The van der Waals surface area contributed by atoms with Gasteiger partial charge in [0, 0.05) is 56.3 Å². The van der Waals surface area contributed by atoms with Crippen LogP contribution in [0.15, 0.2) is 30.3 Å². The fourth-order valence-corrected chi connectivity index (χ4v) is 4.88. The third-order valence-corrected chi connectivity index (χ3v) is 6.75. The molecule has 1 aromatic carbocycles. The molecule has 2 saturated heterocycles. The summed E-state index contributed by atoms with van der Waals surface area (Å²) in [4.78, 5) is 32.0. The standard InChI is InChI=1S/C25H34N4O2/c1-19-9-5-6-10-23(19)29-20(2)17-22(21(29)3)25(31)28-15-13-26(14-16-28)18-24(30)27-11-7-4-8-12-27/h5-6,9-10,17H,4,7-8,11-16,18H2,1-3H3. The summed E-state index contributed by atoms with van der Waals surface area (Å²) in [5.41, 5.74) is 5.15. The van der Waals surface area contributed by atoms with Crippen molar-refractivity contribution in [1.29, 1.82) is 0 Å². The van der Waals surface area contributed by atoms with Crippen molar-refractivity contribution in [2.75, 3.05) is 45.8 Å². The molecule has 6 heteroatoms. The lowest BCUT2D eigenvalue weighted by Gasteiger charge is -2.36. The highest BCUT2D eigenvalue weighted by Gasteiger charge is 2.27. The number of carbonyl (C=O) groups excluding carboxylic acids is 2. The van der Waals surface area contributed by atoms with E-state index in [4.69, 9.17) is 0 Å². The minimum absolute atomic E-state index is 0.0925. The first-order valence-corrected chi connectivity index (χ1v) is 11.5. The highest BCUT2D eigenvalue weighted by molar-refractivity contribution is 5.96. The molecule has 2 amide bonds. The van der Waals surface area contributed by atoms with Gasteiger partial charge in [-0.05, 0) is 57.7 Å². The van der Waals surface area contributed by atoms with Crippen molar-refractivity contribution in [3.05, 3.63) is 52.8 Å². The molecule has 6 nitrogen and oxygen atoms in total. The first-order chi connectivity index (χ1) is 15.0. The maximum absolute atomic E-state index is 13.3. The van der Waals surface area contributed by atoms with Crippen molar-refractivity contribution in [2.24, 2.45) is 0 Å². The van der Waals surface area contributed by atoms with Gasteiger partial charge in [0.15, 0.2) is 0 Å². The number of piperidine rings is 1. The van der Waals surface area contributed by atoms with Crippen molar-refractivity contribution in [1.82, 2.24) is 19.3 Å². The maximum Gasteiger partial charge on any atom is 0.255 e. The van der Waals surface area contributed by atoms with E-state index in [-0.39, 0.29) is 11.8 Å². The lowest BCUT2D eigenvalue weighted by Crippen LogP contribution is -2.52. The first kappa shape index (κ1) is 21.6. The molecule has 0 radical (unpaired) electrons. The number of rotatable bonds is 4. The Morgan fingerprint density at radius 1 is 0.839 bits per heavy atom. The molecule has 0 bridgehead atoms. The van der Waals surface area contributed by atoms with E-state index in [1.54, 1.807) is 0 Å². The van der Waals surface area contributed by atoms with Crippen molar-refractivity contribution >= 4 is 11.8 Å². The van der Waals surface area contributed by atoms with Gasteiger partial charge >= 0.3 is 0 Å². The number of nitrogens with zero attached hydrogens (tertiary/aromatic N) is 4. The van der Waals surface area contributed by atoms with Gasteiger partial charge in [-0.2, -0.15) is 0 Å². The lowest BCUT2D eigenvalue weighted by atomic mass is 10.1. The Hall–Kier alpha value is -2.60. The number of carbonyl (C=O) groups is 2. The second-order valence-corrected chi connectivity index (χ2v) is 8.92. The second kappa shape index (κ2) is 9.27. The van der Waals surface area contributed by atoms with Crippen LogP contribution < -0.4 is 0 Å². The highest BCUT2D eigenvalue weighted by Crippen LogP contribution is 2.24. The number of piperazine rings is 1. The molecule has 0 N–H and O–H groups in total. The van der Waals surface area contributed by atoms with Gasteiger partial charge in [-0.25, -0.2) is 0 Å². The summed E-state index contributed by atoms with van der Waals surface area (Å²) in [6.45, 7) is 11.3. The van der Waals surface area contributed by atoms with Crippen molar-refractivity contribution < 1.29 is 9.59 Å². The minimum Gasteiger partial charge on any atom is -0.342 e. The Morgan fingerprint density at radius 2 is 1.52 bits per heavy atom. The maximum atomic E-state index is 13.3. The third kappa shape index (κ3) is 4.54. The van der Waals surface area contributed by atoms with Crippen LogP contribution in [0.5, 0.6) is 0 Å². The molecule has 1 aromatic heterocycles. The van der Waals surface area contributed by atoms with E-state index in [0.29, 0.717) is 19.6 Å². The summed E-state index contributed by atoms with van der Waals surface area (Å²) >= 11 is 0. The van der Waals surface area contributed by atoms with Gasteiger partial charge in [-0.3, -0.25) is 14.5 Å². The second-order valence-electron chi connectivity index (χ2n) is 8.92. The van der Waals surface area contributed by atoms with Crippen molar-refractivity contribution in [3.63, 3.8) is 0 Å². The summed E-state index contributed by atoms with van der Waals surface area (Å²) < 4.78 is 2.18. The molecule has 2 aliphatic heterocycles. The number of aromatic nitrogens is 1. The number of benzene rings is 1. The molecule has 3 heterocycles. The SMILES string of the molecule is Cc1ccccc1-n1c(C)cc(C(=O)N2CCN(CC(=O)N3CCCCC3)CC2)c1C. The van der Waals surface area contributed by atoms with Crippen molar-refractivity contribution in [2.45, 2.75) is 40.0 Å². The van der Waals surface area contributed by atoms with Gasteiger partial charge in [0.1, 0.15) is 0 Å². The molecule has 2 aromatic rings. The van der Waals surface area contributed by atoms with E-state index < -0.39 is 0 Å². The number of hydrogen-bond donors (Lipinski definition) is 0. The molecule has 2 aliphatic rings. The smallest absolute Gasteiger partial charge is 0.255 e. The number of aryl methyl sites for hydroxylation is 2. The molecular weight excluding hydrogens is 388 g/mol. The molecule has 2 fully saturated rings. The van der Waals surface area contributed by atoms with Crippen molar-refractivity contribution in [3.8, 4) is 5.69 Å². The fourth-order valence-electron chi connectivity index (χ4n) is 4.88. The quantitative estimate of drug-likeness (QED) is 0.760. The average molecular weight is 423 g/mol. The molecular formula is C25H34N4O2. The molecule has 4 rings (SSSR count). The van der Waals surface area contributed by atoms with Crippen LogP contribution in [0.1, 0.15) is 46.6 Å². The minimum atomic E-state index is 0.0925. The Labute approximate surface area is 185 Å². The van der Waals surface area contributed by atoms with E-state index in [1.165, 1.54) is 12.0 Å². The molecule has 0 atom stereocenters. The topological polar surface area (TPSA) is 48.8 Å². The predicted octanol–water partition coefficient (Wildman–Crippen LogP) is 3.17. The summed E-state index contributed by atoms with van der Waals surface area (Å²) in [6.07, 6.45) is 3.47. The summed E-state index contributed by atoms with van der Waals surface area (Å²) in [5.74, 6) is 0.330. The molecule has 31 heavy (non-hydrogen) atoms. The molecule has 0 spiro atoms. The van der Waals surface area contributed by atoms with Crippen LogP contribution in [0.3, 0.4) is 0 Å². The van der Waals surface area contributed by atoms with Gasteiger partial charge in [0.25, 0.3) is 5.91 Å². The number of hydrogen-bond acceptors (Lipinski definition) is 3. The number of para-hydroxylation sites is 1.